The fraction of sp³-hybridized carbons (Fsp3) is 0.333. The second kappa shape index (κ2) is 3.70. The van der Waals surface area contributed by atoms with Crippen LogP contribution in [0.4, 0.5) is 8.78 Å². The van der Waals surface area contributed by atoms with E-state index in [1.54, 1.807) is 14.0 Å². The summed E-state index contributed by atoms with van der Waals surface area (Å²) in [7, 11) is 1.63. The van der Waals surface area contributed by atoms with E-state index in [-0.39, 0.29) is 17.4 Å². The number of phenols is 1. The third-order valence-corrected chi connectivity index (χ3v) is 1.94. The van der Waals surface area contributed by atoms with E-state index in [4.69, 9.17) is 0 Å². The molecule has 0 saturated carbocycles. The van der Waals surface area contributed by atoms with Crippen LogP contribution in [-0.4, -0.2) is 12.2 Å². The highest BCUT2D eigenvalue weighted by molar-refractivity contribution is 5.36. The van der Waals surface area contributed by atoms with Crippen molar-refractivity contribution in [3.63, 3.8) is 0 Å². The van der Waals surface area contributed by atoms with Crippen LogP contribution in [0.2, 0.25) is 0 Å². The highest BCUT2D eigenvalue weighted by Gasteiger charge is 2.15. The molecule has 0 fully saturated rings. The van der Waals surface area contributed by atoms with Gasteiger partial charge in [0, 0.05) is 23.7 Å². The van der Waals surface area contributed by atoms with Crippen molar-refractivity contribution in [2.75, 3.05) is 7.05 Å². The molecule has 1 unspecified atom stereocenters. The maximum absolute atomic E-state index is 13.1. The molecule has 0 bridgehead atoms. The molecule has 0 radical (unpaired) electrons. The highest BCUT2D eigenvalue weighted by Crippen LogP contribution is 2.27. The quantitative estimate of drug-likeness (QED) is 0.741. The molecule has 0 aromatic heterocycles. The molecule has 2 N–H and O–H groups in total. The first-order valence-corrected chi connectivity index (χ1v) is 3.91. The molecule has 1 aromatic rings. The Kier molecular flexibility index (Phi) is 2.83. The highest BCUT2D eigenvalue weighted by atomic mass is 19.1. The normalized spacial score (nSPS) is 12.9. The molecule has 4 heteroatoms. The van der Waals surface area contributed by atoms with Gasteiger partial charge < -0.3 is 10.4 Å². The fourth-order valence-corrected chi connectivity index (χ4v) is 1.14. The van der Waals surface area contributed by atoms with Crippen molar-refractivity contribution in [3.05, 3.63) is 29.3 Å². The Morgan fingerprint density at radius 2 is 2.00 bits per heavy atom. The van der Waals surface area contributed by atoms with Gasteiger partial charge in [-0.1, -0.05) is 0 Å². The standard InChI is InChI=1S/C9H11F2NO/c1-5(12-2)9-7(11)3-6(10)4-8(9)13/h3-5,12-13H,1-2H3. The van der Waals surface area contributed by atoms with Gasteiger partial charge in [0.15, 0.2) is 0 Å². The molecule has 0 saturated heterocycles. The second-order valence-corrected chi connectivity index (χ2v) is 2.83. The van der Waals surface area contributed by atoms with Crippen molar-refractivity contribution in [2.45, 2.75) is 13.0 Å². The minimum absolute atomic E-state index is 0.0869. The fourth-order valence-electron chi connectivity index (χ4n) is 1.14. The Hall–Kier alpha value is -1.16. The zero-order valence-corrected chi connectivity index (χ0v) is 7.44. The average molecular weight is 187 g/mol. The van der Waals surface area contributed by atoms with Crippen molar-refractivity contribution in [1.82, 2.24) is 5.32 Å². The summed E-state index contributed by atoms with van der Waals surface area (Å²) < 4.78 is 25.7. The first-order chi connectivity index (χ1) is 6.06. The van der Waals surface area contributed by atoms with Crippen molar-refractivity contribution in [1.29, 1.82) is 0 Å². The maximum atomic E-state index is 13.1. The molecule has 0 amide bonds. The van der Waals surface area contributed by atoms with Gasteiger partial charge in [0.05, 0.1) is 0 Å². The van der Waals surface area contributed by atoms with Crippen LogP contribution in [-0.2, 0) is 0 Å². The van der Waals surface area contributed by atoms with Crippen LogP contribution in [0.3, 0.4) is 0 Å². The summed E-state index contributed by atoms with van der Waals surface area (Å²) >= 11 is 0. The predicted molar refractivity (Wildman–Crippen MR) is 45.5 cm³/mol. The van der Waals surface area contributed by atoms with Crippen LogP contribution < -0.4 is 5.32 Å². The molecule has 0 spiro atoms. The topological polar surface area (TPSA) is 32.3 Å². The van der Waals surface area contributed by atoms with Crippen LogP contribution in [0.15, 0.2) is 12.1 Å². The van der Waals surface area contributed by atoms with E-state index in [9.17, 15) is 13.9 Å². The third kappa shape index (κ3) is 1.95. The Labute approximate surface area is 75.2 Å². The molecule has 1 atom stereocenters. The van der Waals surface area contributed by atoms with Gasteiger partial charge in [-0.05, 0) is 14.0 Å². The lowest BCUT2D eigenvalue weighted by molar-refractivity contribution is 0.435. The van der Waals surface area contributed by atoms with Crippen molar-refractivity contribution < 1.29 is 13.9 Å². The number of hydrogen-bond donors (Lipinski definition) is 2. The lowest BCUT2D eigenvalue weighted by Crippen LogP contribution is -2.14. The van der Waals surface area contributed by atoms with E-state index in [0.717, 1.165) is 12.1 Å². The lowest BCUT2D eigenvalue weighted by Gasteiger charge is -2.13. The number of rotatable bonds is 2. The van der Waals surface area contributed by atoms with E-state index >= 15 is 0 Å². The van der Waals surface area contributed by atoms with Gasteiger partial charge in [0.25, 0.3) is 0 Å². The predicted octanol–water partition coefficient (Wildman–Crippen LogP) is 1.95. The van der Waals surface area contributed by atoms with Gasteiger partial charge in [-0.2, -0.15) is 0 Å². The molecular formula is C9H11F2NO. The van der Waals surface area contributed by atoms with Crippen molar-refractivity contribution >= 4 is 0 Å². The van der Waals surface area contributed by atoms with Gasteiger partial charge in [0.1, 0.15) is 17.4 Å². The Balaban J connectivity index is 3.20. The second-order valence-electron chi connectivity index (χ2n) is 2.83. The van der Waals surface area contributed by atoms with Crippen LogP contribution in [0.1, 0.15) is 18.5 Å². The summed E-state index contributed by atoms with van der Waals surface area (Å²) in [4.78, 5) is 0. The van der Waals surface area contributed by atoms with Gasteiger partial charge >= 0.3 is 0 Å². The molecule has 1 rings (SSSR count). The van der Waals surface area contributed by atoms with E-state index in [1.807, 2.05) is 0 Å². The van der Waals surface area contributed by atoms with E-state index < -0.39 is 11.6 Å². The van der Waals surface area contributed by atoms with Gasteiger partial charge in [-0.3, -0.25) is 0 Å². The molecule has 1 aromatic carbocycles. The van der Waals surface area contributed by atoms with Gasteiger partial charge in [0.2, 0.25) is 0 Å². The SMILES string of the molecule is CNC(C)c1c(O)cc(F)cc1F. The third-order valence-electron chi connectivity index (χ3n) is 1.94. The summed E-state index contributed by atoms with van der Waals surface area (Å²) in [6.07, 6.45) is 0. The molecule has 0 aliphatic carbocycles. The van der Waals surface area contributed by atoms with Crippen LogP contribution in [0, 0.1) is 11.6 Å². The Bertz CT molecular complexity index is 291. The molecule has 72 valence electrons. The molecule has 0 aliphatic rings. The van der Waals surface area contributed by atoms with Crippen LogP contribution >= 0.6 is 0 Å². The Morgan fingerprint density at radius 3 is 2.46 bits per heavy atom. The number of halogens is 2. The summed E-state index contributed by atoms with van der Waals surface area (Å²) in [5, 5.41) is 12.0. The minimum atomic E-state index is -0.776. The van der Waals surface area contributed by atoms with E-state index in [1.165, 1.54) is 0 Å². The molecular weight excluding hydrogens is 176 g/mol. The first kappa shape index (κ1) is 9.92. The van der Waals surface area contributed by atoms with Crippen molar-refractivity contribution in [3.8, 4) is 5.75 Å². The summed E-state index contributed by atoms with van der Waals surface area (Å²) in [6.45, 7) is 1.68. The summed E-state index contributed by atoms with van der Waals surface area (Å²) in [5.41, 5.74) is 0.0869. The zero-order chi connectivity index (χ0) is 10.0. The Morgan fingerprint density at radius 1 is 1.38 bits per heavy atom. The average Bonchev–Trinajstić information content (AvgIpc) is 2.02. The zero-order valence-electron chi connectivity index (χ0n) is 7.44. The number of aromatic hydroxyl groups is 1. The molecule has 13 heavy (non-hydrogen) atoms. The lowest BCUT2D eigenvalue weighted by atomic mass is 10.1. The van der Waals surface area contributed by atoms with E-state index in [2.05, 4.69) is 5.32 Å². The van der Waals surface area contributed by atoms with Crippen LogP contribution in [0.25, 0.3) is 0 Å². The number of hydrogen-bond acceptors (Lipinski definition) is 2. The monoisotopic (exact) mass is 187 g/mol. The summed E-state index contributed by atoms with van der Waals surface area (Å²) in [5.74, 6) is -1.87. The molecule has 0 aliphatic heterocycles. The largest absolute Gasteiger partial charge is 0.507 e. The maximum Gasteiger partial charge on any atom is 0.134 e. The molecule has 0 heterocycles. The van der Waals surface area contributed by atoms with Gasteiger partial charge in [-0.25, -0.2) is 8.78 Å². The van der Waals surface area contributed by atoms with Crippen LogP contribution in [0.5, 0.6) is 5.75 Å². The minimum Gasteiger partial charge on any atom is -0.507 e. The molecule has 2 nitrogen and oxygen atoms in total. The summed E-state index contributed by atoms with van der Waals surface area (Å²) in [6, 6.07) is 1.30. The van der Waals surface area contributed by atoms with Gasteiger partial charge in [-0.15, -0.1) is 0 Å². The first-order valence-electron chi connectivity index (χ1n) is 3.91. The van der Waals surface area contributed by atoms with E-state index in [0.29, 0.717) is 0 Å². The number of nitrogens with one attached hydrogen (secondary N) is 1. The van der Waals surface area contributed by atoms with Crippen molar-refractivity contribution in [2.24, 2.45) is 0 Å². The number of benzene rings is 1. The smallest absolute Gasteiger partial charge is 0.134 e. The number of phenolic OH excluding ortho intramolecular Hbond substituents is 1.